The van der Waals surface area contributed by atoms with Crippen molar-refractivity contribution in [2.24, 2.45) is 0 Å². The van der Waals surface area contributed by atoms with Crippen LogP contribution in [0.3, 0.4) is 0 Å². The summed E-state index contributed by atoms with van der Waals surface area (Å²) in [5.74, 6) is 0.289. The van der Waals surface area contributed by atoms with E-state index in [1.54, 1.807) is 4.57 Å². The number of pyridine rings is 1. The van der Waals surface area contributed by atoms with Crippen molar-refractivity contribution in [2.75, 3.05) is 0 Å². The highest BCUT2D eigenvalue weighted by atomic mass is 16.6. The van der Waals surface area contributed by atoms with Crippen LogP contribution in [0.1, 0.15) is 46.1 Å². The van der Waals surface area contributed by atoms with Gasteiger partial charge in [-0.1, -0.05) is 43.7 Å². The van der Waals surface area contributed by atoms with Gasteiger partial charge in [0.2, 0.25) is 5.75 Å². The number of esters is 1. The molecule has 3 rings (SSSR count). The summed E-state index contributed by atoms with van der Waals surface area (Å²) in [7, 11) is 0. The van der Waals surface area contributed by atoms with Gasteiger partial charge in [-0.3, -0.25) is 9.59 Å². The molecule has 0 amide bonds. The van der Waals surface area contributed by atoms with Crippen molar-refractivity contribution in [3.8, 4) is 17.2 Å². The number of rotatable bonds is 9. The molecule has 0 N–H and O–H groups in total. The molecule has 0 aliphatic heterocycles. The number of aromatic nitrogens is 1. The molecule has 0 fully saturated rings. The second-order valence-electron chi connectivity index (χ2n) is 7.68. The van der Waals surface area contributed by atoms with Crippen molar-refractivity contribution < 1.29 is 19.0 Å². The molecule has 0 radical (unpaired) electrons. The minimum atomic E-state index is -0.567. The summed E-state index contributed by atoms with van der Waals surface area (Å²) < 4.78 is 18.9. The van der Waals surface area contributed by atoms with Gasteiger partial charge in [0.15, 0.2) is 5.75 Å². The van der Waals surface area contributed by atoms with Crippen LogP contribution in [0.2, 0.25) is 0 Å². The van der Waals surface area contributed by atoms with E-state index < -0.39 is 5.97 Å². The number of hydrogen-bond donors (Lipinski definition) is 0. The predicted octanol–water partition coefficient (Wildman–Crippen LogP) is 5.09. The molecule has 3 aromatic rings. The van der Waals surface area contributed by atoms with Gasteiger partial charge in [0.1, 0.15) is 12.4 Å². The molecule has 31 heavy (non-hydrogen) atoms. The SMILES string of the molecule is CCCCn1c(=O)c(OC(C)=O)c(OCc2ccccc2)c2ccc(OC(C)C)cc21. The second-order valence-corrected chi connectivity index (χ2v) is 7.68. The molecule has 0 bridgehead atoms. The van der Waals surface area contributed by atoms with Gasteiger partial charge in [0.05, 0.1) is 11.6 Å². The van der Waals surface area contributed by atoms with Gasteiger partial charge in [0.25, 0.3) is 5.56 Å². The Hall–Kier alpha value is -3.28. The summed E-state index contributed by atoms with van der Waals surface area (Å²) in [4.78, 5) is 25.1. The van der Waals surface area contributed by atoms with Gasteiger partial charge < -0.3 is 18.8 Å². The van der Waals surface area contributed by atoms with Crippen LogP contribution in [0.4, 0.5) is 0 Å². The van der Waals surface area contributed by atoms with Crippen LogP contribution < -0.4 is 19.8 Å². The zero-order chi connectivity index (χ0) is 22.4. The first-order chi connectivity index (χ1) is 14.9. The van der Waals surface area contributed by atoms with Gasteiger partial charge in [-0.2, -0.15) is 0 Å². The smallest absolute Gasteiger partial charge is 0.308 e. The molecule has 164 valence electrons. The maximum absolute atomic E-state index is 13.4. The molecule has 0 atom stereocenters. The Morgan fingerprint density at radius 3 is 2.45 bits per heavy atom. The number of carbonyl (C=O) groups excluding carboxylic acids is 1. The Bertz CT molecular complexity index is 1100. The molecule has 6 nitrogen and oxygen atoms in total. The predicted molar refractivity (Wildman–Crippen MR) is 121 cm³/mol. The normalized spacial score (nSPS) is 11.0. The first-order valence-corrected chi connectivity index (χ1v) is 10.6. The van der Waals surface area contributed by atoms with E-state index in [9.17, 15) is 9.59 Å². The molecule has 6 heteroatoms. The summed E-state index contributed by atoms with van der Waals surface area (Å²) in [6, 6.07) is 15.2. The third-order valence-electron chi connectivity index (χ3n) is 4.73. The van der Waals surface area contributed by atoms with Gasteiger partial charge in [0, 0.05) is 24.9 Å². The van der Waals surface area contributed by atoms with Crippen LogP contribution in [0.5, 0.6) is 17.2 Å². The zero-order valence-electron chi connectivity index (χ0n) is 18.5. The zero-order valence-corrected chi connectivity index (χ0v) is 18.5. The Kier molecular flexibility index (Phi) is 7.34. The lowest BCUT2D eigenvalue weighted by Crippen LogP contribution is -2.25. The maximum atomic E-state index is 13.4. The lowest BCUT2D eigenvalue weighted by atomic mass is 10.1. The highest BCUT2D eigenvalue weighted by molar-refractivity contribution is 5.90. The average Bonchev–Trinajstić information content (AvgIpc) is 2.73. The fourth-order valence-corrected chi connectivity index (χ4v) is 3.37. The van der Waals surface area contributed by atoms with E-state index in [-0.39, 0.29) is 29.8 Å². The lowest BCUT2D eigenvalue weighted by Gasteiger charge is -2.19. The molecule has 0 saturated carbocycles. The van der Waals surface area contributed by atoms with Crippen molar-refractivity contribution in [2.45, 2.75) is 59.8 Å². The Morgan fingerprint density at radius 2 is 1.81 bits per heavy atom. The standard InChI is InChI=1S/C25H29NO5/c1-5-6-14-26-22-15-20(30-17(2)3)12-13-21(22)23(24(25(26)28)31-18(4)27)29-16-19-10-8-7-9-11-19/h7-13,15,17H,5-6,14,16H2,1-4H3. The van der Waals surface area contributed by atoms with Crippen molar-refractivity contribution in [3.63, 3.8) is 0 Å². The van der Waals surface area contributed by atoms with Gasteiger partial charge in [-0.05, 0) is 38.0 Å². The summed E-state index contributed by atoms with van der Waals surface area (Å²) in [6.07, 6.45) is 1.74. The lowest BCUT2D eigenvalue weighted by molar-refractivity contribution is -0.132. The largest absolute Gasteiger partial charge is 0.491 e. The van der Waals surface area contributed by atoms with E-state index in [4.69, 9.17) is 14.2 Å². The second kappa shape index (κ2) is 10.2. The van der Waals surface area contributed by atoms with E-state index in [1.807, 2.05) is 62.4 Å². The number of ether oxygens (including phenoxy) is 3. The number of aryl methyl sites for hydroxylation is 1. The van der Waals surface area contributed by atoms with Crippen LogP contribution >= 0.6 is 0 Å². The fourth-order valence-electron chi connectivity index (χ4n) is 3.37. The van der Waals surface area contributed by atoms with Gasteiger partial charge in [-0.15, -0.1) is 0 Å². The monoisotopic (exact) mass is 423 g/mol. The van der Waals surface area contributed by atoms with Crippen LogP contribution in [-0.4, -0.2) is 16.6 Å². The van der Waals surface area contributed by atoms with Crippen molar-refractivity contribution in [1.29, 1.82) is 0 Å². The number of hydrogen-bond acceptors (Lipinski definition) is 5. The minimum Gasteiger partial charge on any atom is -0.491 e. The summed E-state index contributed by atoms with van der Waals surface area (Å²) in [5.41, 5.74) is 1.25. The molecule has 0 saturated heterocycles. The molecule has 0 spiro atoms. The van der Waals surface area contributed by atoms with Crippen LogP contribution in [0.25, 0.3) is 10.9 Å². The molecule has 0 aliphatic rings. The highest BCUT2D eigenvalue weighted by Crippen LogP contribution is 2.35. The Labute approximate surface area is 182 Å². The molecule has 0 unspecified atom stereocenters. The third-order valence-corrected chi connectivity index (χ3v) is 4.73. The van der Waals surface area contributed by atoms with Crippen molar-refractivity contribution in [3.05, 3.63) is 64.4 Å². The number of fused-ring (bicyclic) bond motifs is 1. The number of nitrogens with zero attached hydrogens (tertiary/aromatic N) is 1. The quantitative estimate of drug-likeness (QED) is 0.448. The summed E-state index contributed by atoms with van der Waals surface area (Å²) in [5, 5.41) is 0.694. The molecule has 1 heterocycles. The van der Waals surface area contributed by atoms with E-state index in [0.29, 0.717) is 23.2 Å². The molecule has 0 aliphatic carbocycles. The first-order valence-electron chi connectivity index (χ1n) is 10.6. The summed E-state index contributed by atoms with van der Waals surface area (Å²) in [6.45, 7) is 7.99. The van der Waals surface area contributed by atoms with E-state index in [2.05, 4.69) is 6.92 Å². The van der Waals surface area contributed by atoms with E-state index in [1.165, 1.54) is 6.92 Å². The van der Waals surface area contributed by atoms with Crippen molar-refractivity contribution >= 4 is 16.9 Å². The minimum absolute atomic E-state index is 0.00221. The third kappa shape index (κ3) is 5.45. The van der Waals surface area contributed by atoms with Crippen LogP contribution in [0.15, 0.2) is 53.3 Å². The molecular formula is C25H29NO5. The molecular weight excluding hydrogens is 394 g/mol. The average molecular weight is 424 g/mol. The van der Waals surface area contributed by atoms with Crippen molar-refractivity contribution in [1.82, 2.24) is 4.57 Å². The highest BCUT2D eigenvalue weighted by Gasteiger charge is 2.22. The number of unbranched alkanes of at least 4 members (excludes halogenated alkanes) is 1. The Balaban J connectivity index is 2.19. The van der Waals surface area contributed by atoms with Crippen LogP contribution in [0, 0.1) is 0 Å². The number of carbonyl (C=O) groups is 1. The van der Waals surface area contributed by atoms with Gasteiger partial charge in [-0.25, -0.2) is 0 Å². The first kappa shape index (κ1) is 22.4. The maximum Gasteiger partial charge on any atom is 0.308 e. The van der Waals surface area contributed by atoms with E-state index in [0.717, 1.165) is 18.4 Å². The number of benzene rings is 2. The molecule has 1 aromatic heterocycles. The van der Waals surface area contributed by atoms with E-state index >= 15 is 0 Å². The topological polar surface area (TPSA) is 66.8 Å². The fraction of sp³-hybridized carbons (Fsp3) is 0.360. The van der Waals surface area contributed by atoms with Crippen LogP contribution in [-0.2, 0) is 17.9 Å². The van der Waals surface area contributed by atoms with Gasteiger partial charge >= 0.3 is 5.97 Å². The Morgan fingerprint density at radius 1 is 1.06 bits per heavy atom. The summed E-state index contributed by atoms with van der Waals surface area (Å²) >= 11 is 0. The molecule has 2 aromatic carbocycles.